The minimum Gasteiger partial charge on any atom is -0.375 e. The molecule has 3 nitrogen and oxygen atoms in total. The fourth-order valence-electron chi connectivity index (χ4n) is 4.40. The van der Waals surface area contributed by atoms with Crippen molar-refractivity contribution in [1.82, 2.24) is 0 Å². The van der Waals surface area contributed by atoms with E-state index in [2.05, 4.69) is 0 Å². The van der Waals surface area contributed by atoms with Gasteiger partial charge in [-0.15, -0.1) is 0 Å². The van der Waals surface area contributed by atoms with Gasteiger partial charge in [0, 0.05) is 19.6 Å². The van der Waals surface area contributed by atoms with Crippen LogP contribution >= 0.6 is 0 Å². The maximum absolute atomic E-state index is 12.9. The molecule has 2 atom stereocenters. The summed E-state index contributed by atoms with van der Waals surface area (Å²) >= 11 is 0. The molecule has 3 aliphatic rings. The van der Waals surface area contributed by atoms with Crippen LogP contribution in [-0.2, 0) is 14.3 Å². The average molecular weight is 280 g/mol. The minimum absolute atomic E-state index is 0.0590. The van der Waals surface area contributed by atoms with Gasteiger partial charge in [0.05, 0.1) is 5.60 Å². The zero-order valence-corrected chi connectivity index (χ0v) is 12.7. The lowest BCUT2D eigenvalue weighted by molar-refractivity contribution is -0.163. The summed E-state index contributed by atoms with van der Waals surface area (Å²) in [5.41, 5.74) is 0.0590. The Bertz CT molecular complexity index is 342. The number of rotatable bonds is 4. The third-order valence-electron chi connectivity index (χ3n) is 5.77. The van der Waals surface area contributed by atoms with Crippen molar-refractivity contribution in [2.24, 2.45) is 11.8 Å². The normalized spacial score (nSPS) is 31.8. The molecule has 1 spiro atoms. The lowest BCUT2D eigenvalue weighted by Crippen LogP contribution is -2.49. The van der Waals surface area contributed by atoms with E-state index in [-0.39, 0.29) is 17.6 Å². The smallest absolute Gasteiger partial charge is 0.165 e. The molecule has 114 valence electrons. The number of carbonyl (C=O) groups is 1. The molecular formula is C17H28O3. The second-order valence-electron chi connectivity index (χ2n) is 7.03. The van der Waals surface area contributed by atoms with E-state index in [4.69, 9.17) is 9.47 Å². The first kappa shape index (κ1) is 14.5. The van der Waals surface area contributed by atoms with E-state index >= 15 is 0 Å². The maximum atomic E-state index is 12.9. The fraction of sp³-hybridized carbons (Fsp3) is 0.941. The van der Waals surface area contributed by atoms with E-state index in [1.807, 2.05) is 0 Å². The molecule has 0 N–H and O–H groups in total. The Hall–Kier alpha value is -0.410. The minimum atomic E-state index is -0.157. The predicted molar refractivity (Wildman–Crippen MR) is 77.6 cm³/mol. The number of carbonyl (C=O) groups excluding carboxylic acids is 1. The van der Waals surface area contributed by atoms with Crippen molar-refractivity contribution in [3.05, 3.63) is 0 Å². The SMILES string of the molecule is COC(C(=O)C1CCOC2(CCC2)C1)C1CCCCC1. The van der Waals surface area contributed by atoms with E-state index in [1.165, 1.54) is 38.5 Å². The highest BCUT2D eigenvalue weighted by Gasteiger charge is 2.46. The quantitative estimate of drug-likeness (QED) is 0.790. The average Bonchev–Trinajstić information content (AvgIpc) is 2.47. The first-order chi connectivity index (χ1) is 9.74. The van der Waals surface area contributed by atoms with Crippen LogP contribution < -0.4 is 0 Å². The Kier molecular flexibility index (Phi) is 4.46. The Balaban J connectivity index is 1.63. The Morgan fingerprint density at radius 3 is 2.50 bits per heavy atom. The number of ketones is 1. The van der Waals surface area contributed by atoms with Crippen molar-refractivity contribution in [2.45, 2.75) is 75.9 Å². The molecule has 3 rings (SSSR count). The first-order valence-electron chi connectivity index (χ1n) is 8.45. The van der Waals surface area contributed by atoms with Crippen LogP contribution in [0.5, 0.6) is 0 Å². The summed E-state index contributed by atoms with van der Waals surface area (Å²) in [5.74, 6) is 1.01. The summed E-state index contributed by atoms with van der Waals surface area (Å²) < 4.78 is 11.6. The molecule has 2 unspecified atom stereocenters. The molecule has 0 aromatic rings. The molecule has 1 saturated heterocycles. The lowest BCUT2D eigenvalue weighted by atomic mass is 9.69. The van der Waals surface area contributed by atoms with Crippen LogP contribution in [0.1, 0.15) is 64.2 Å². The maximum Gasteiger partial charge on any atom is 0.165 e. The predicted octanol–water partition coefficient (Wildman–Crippen LogP) is 3.50. The molecule has 0 bridgehead atoms. The summed E-state index contributed by atoms with van der Waals surface area (Å²) in [6.45, 7) is 0.761. The first-order valence-corrected chi connectivity index (χ1v) is 8.45. The summed E-state index contributed by atoms with van der Waals surface area (Å²) in [4.78, 5) is 12.9. The van der Waals surface area contributed by atoms with Gasteiger partial charge in [0.25, 0.3) is 0 Å². The number of hydrogen-bond acceptors (Lipinski definition) is 3. The van der Waals surface area contributed by atoms with Gasteiger partial charge < -0.3 is 9.47 Å². The summed E-state index contributed by atoms with van der Waals surface area (Å²) in [5, 5.41) is 0. The third-order valence-corrected chi connectivity index (χ3v) is 5.77. The summed E-state index contributed by atoms with van der Waals surface area (Å²) in [6, 6.07) is 0. The van der Waals surface area contributed by atoms with Crippen molar-refractivity contribution in [1.29, 1.82) is 0 Å². The van der Waals surface area contributed by atoms with Gasteiger partial charge in [0.2, 0.25) is 0 Å². The molecule has 1 aliphatic heterocycles. The van der Waals surface area contributed by atoms with Crippen molar-refractivity contribution in [2.75, 3.05) is 13.7 Å². The van der Waals surface area contributed by atoms with Crippen LogP contribution in [0.15, 0.2) is 0 Å². The molecule has 3 heteroatoms. The topological polar surface area (TPSA) is 35.5 Å². The van der Waals surface area contributed by atoms with Crippen molar-refractivity contribution in [3.8, 4) is 0 Å². The van der Waals surface area contributed by atoms with Crippen LogP contribution in [0.4, 0.5) is 0 Å². The van der Waals surface area contributed by atoms with Crippen molar-refractivity contribution in [3.63, 3.8) is 0 Å². The number of methoxy groups -OCH3 is 1. The van der Waals surface area contributed by atoms with Gasteiger partial charge in [0.15, 0.2) is 5.78 Å². The van der Waals surface area contributed by atoms with Gasteiger partial charge in [-0.2, -0.15) is 0 Å². The van der Waals surface area contributed by atoms with Gasteiger partial charge in [-0.25, -0.2) is 0 Å². The van der Waals surface area contributed by atoms with Crippen molar-refractivity contribution >= 4 is 5.78 Å². The third kappa shape index (κ3) is 2.80. The summed E-state index contributed by atoms with van der Waals surface area (Å²) in [7, 11) is 1.72. The van der Waals surface area contributed by atoms with Crippen LogP contribution in [0, 0.1) is 11.8 Å². The largest absolute Gasteiger partial charge is 0.375 e. The van der Waals surface area contributed by atoms with Crippen LogP contribution in [0.2, 0.25) is 0 Å². The summed E-state index contributed by atoms with van der Waals surface area (Å²) in [6.07, 6.45) is 11.4. The van der Waals surface area contributed by atoms with Gasteiger partial charge in [0.1, 0.15) is 6.10 Å². The molecular weight excluding hydrogens is 252 g/mol. The molecule has 2 aliphatic carbocycles. The molecule has 2 saturated carbocycles. The van der Waals surface area contributed by atoms with Gasteiger partial charge in [-0.3, -0.25) is 4.79 Å². The van der Waals surface area contributed by atoms with E-state index in [0.717, 1.165) is 32.3 Å². The molecule has 3 fully saturated rings. The van der Waals surface area contributed by atoms with E-state index in [9.17, 15) is 4.79 Å². The standard InChI is InChI=1S/C17H28O3/c1-19-16(13-6-3-2-4-7-13)15(18)14-8-11-20-17(12-14)9-5-10-17/h13-14,16H,2-12H2,1H3. The molecule has 0 aromatic carbocycles. The second kappa shape index (κ2) is 6.15. The Morgan fingerprint density at radius 2 is 1.90 bits per heavy atom. The van der Waals surface area contributed by atoms with Gasteiger partial charge >= 0.3 is 0 Å². The highest BCUT2D eigenvalue weighted by atomic mass is 16.5. The van der Waals surface area contributed by atoms with Crippen LogP contribution in [0.3, 0.4) is 0 Å². The highest BCUT2D eigenvalue weighted by Crippen LogP contribution is 2.45. The lowest BCUT2D eigenvalue weighted by Gasteiger charge is -2.47. The van der Waals surface area contributed by atoms with E-state index in [0.29, 0.717) is 11.7 Å². The number of hydrogen-bond donors (Lipinski definition) is 0. The fourth-order valence-corrected chi connectivity index (χ4v) is 4.40. The Morgan fingerprint density at radius 1 is 1.15 bits per heavy atom. The zero-order chi connectivity index (χ0) is 14.0. The molecule has 0 amide bonds. The van der Waals surface area contributed by atoms with Crippen LogP contribution in [0.25, 0.3) is 0 Å². The second-order valence-corrected chi connectivity index (χ2v) is 7.03. The molecule has 0 radical (unpaired) electrons. The van der Waals surface area contributed by atoms with Crippen molar-refractivity contribution < 1.29 is 14.3 Å². The molecule has 1 heterocycles. The number of ether oxygens (including phenoxy) is 2. The Labute approximate surface area is 122 Å². The molecule has 0 aromatic heterocycles. The zero-order valence-electron chi connectivity index (χ0n) is 12.7. The van der Waals surface area contributed by atoms with E-state index < -0.39 is 0 Å². The van der Waals surface area contributed by atoms with Gasteiger partial charge in [-0.1, -0.05) is 19.3 Å². The van der Waals surface area contributed by atoms with Gasteiger partial charge in [-0.05, 0) is 50.9 Å². The van der Waals surface area contributed by atoms with E-state index in [1.54, 1.807) is 7.11 Å². The van der Waals surface area contributed by atoms with Crippen LogP contribution in [-0.4, -0.2) is 31.2 Å². The number of Topliss-reactive ketones (excluding diaryl/α,β-unsaturated/α-hetero) is 1. The monoisotopic (exact) mass is 280 g/mol. The molecule has 20 heavy (non-hydrogen) atoms. The highest BCUT2D eigenvalue weighted by molar-refractivity contribution is 5.86.